The van der Waals surface area contributed by atoms with Gasteiger partial charge >= 0.3 is 0 Å². The first-order chi connectivity index (χ1) is 11.0. The third kappa shape index (κ3) is 2.67. The summed E-state index contributed by atoms with van der Waals surface area (Å²) in [5.74, 6) is -0.453. The SMILES string of the molecule is O=C1NC(c2ccc([N+](=O)[O-])cc2)Nc2ccc([N+](=O)[O-])cc21. The monoisotopic (exact) mass is 314 g/mol. The Morgan fingerprint density at radius 1 is 0.870 bits per heavy atom. The van der Waals surface area contributed by atoms with Crippen LogP contribution < -0.4 is 10.6 Å². The molecular formula is C14H10N4O5. The number of carbonyl (C=O) groups excluding carboxylic acids is 1. The Hall–Kier alpha value is -3.49. The molecule has 116 valence electrons. The number of amides is 1. The summed E-state index contributed by atoms with van der Waals surface area (Å²) in [5.41, 5.74) is 1.05. The molecule has 0 radical (unpaired) electrons. The van der Waals surface area contributed by atoms with Crippen LogP contribution in [0.15, 0.2) is 42.5 Å². The van der Waals surface area contributed by atoms with Gasteiger partial charge in [-0.1, -0.05) is 0 Å². The molecular weight excluding hydrogens is 304 g/mol. The number of nitro groups is 2. The average molecular weight is 314 g/mol. The Bertz CT molecular complexity index is 818. The highest BCUT2D eigenvalue weighted by atomic mass is 16.6. The maximum absolute atomic E-state index is 12.1. The van der Waals surface area contributed by atoms with Crippen molar-refractivity contribution in [3.8, 4) is 0 Å². The number of anilines is 1. The number of non-ortho nitro benzene ring substituents is 2. The smallest absolute Gasteiger partial charge is 0.270 e. The fourth-order valence-electron chi connectivity index (χ4n) is 2.32. The van der Waals surface area contributed by atoms with Crippen LogP contribution in [0.25, 0.3) is 0 Å². The van der Waals surface area contributed by atoms with Crippen LogP contribution in [0.3, 0.4) is 0 Å². The number of nitro benzene ring substituents is 2. The summed E-state index contributed by atoms with van der Waals surface area (Å²) in [4.78, 5) is 32.5. The number of nitrogens with zero attached hydrogens (tertiary/aromatic N) is 2. The van der Waals surface area contributed by atoms with E-state index in [1.807, 2.05) is 0 Å². The van der Waals surface area contributed by atoms with Gasteiger partial charge in [-0.25, -0.2) is 0 Å². The summed E-state index contributed by atoms with van der Waals surface area (Å²) < 4.78 is 0. The molecule has 1 aliphatic heterocycles. The van der Waals surface area contributed by atoms with Gasteiger partial charge < -0.3 is 10.6 Å². The predicted molar refractivity (Wildman–Crippen MR) is 80.0 cm³/mol. The number of nitrogens with one attached hydrogen (secondary N) is 2. The van der Waals surface area contributed by atoms with Gasteiger partial charge in [0.15, 0.2) is 0 Å². The molecule has 9 heteroatoms. The normalized spacial score (nSPS) is 16.0. The molecule has 2 aromatic carbocycles. The fraction of sp³-hybridized carbons (Fsp3) is 0.0714. The highest BCUT2D eigenvalue weighted by molar-refractivity contribution is 6.02. The second-order valence-electron chi connectivity index (χ2n) is 4.89. The summed E-state index contributed by atoms with van der Waals surface area (Å²) in [6.07, 6.45) is -0.572. The predicted octanol–water partition coefficient (Wildman–Crippen LogP) is 2.36. The number of rotatable bonds is 3. The van der Waals surface area contributed by atoms with E-state index in [1.165, 1.54) is 42.5 Å². The van der Waals surface area contributed by atoms with E-state index in [0.29, 0.717) is 11.3 Å². The zero-order chi connectivity index (χ0) is 16.6. The second kappa shape index (κ2) is 5.37. The van der Waals surface area contributed by atoms with Gasteiger partial charge in [0.2, 0.25) is 0 Å². The lowest BCUT2D eigenvalue weighted by Gasteiger charge is -2.27. The van der Waals surface area contributed by atoms with E-state index in [0.717, 1.165) is 0 Å². The van der Waals surface area contributed by atoms with Gasteiger partial charge in [0.25, 0.3) is 17.3 Å². The minimum Gasteiger partial charge on any atom is -0.361 e. The van der Waals surface area contributed by atoms with Crippen LogP contribution in [0.2, 0.25) is 0 Å². The van der Waals surface area contributed by atoms with Crippen molar-refractivity contribution < 1.29 is 14.6 Å². The molecule has 0 fully saturated rings. The highest BCUT2D eigenvalue weighted by Gasteiger charge is 2.26. The molecule has 9 nitrogen and oxygen atoms in total. The van der Waals surface area contributed by atoms with Gasteiger partial charge in [-0.15, -0.1) is 0 Å². The minimum atomic E-state index is -0.573. The molecule has 23 heavy (non-hydrogen) atoms. The van der Waals surface area contributed by atoms with Crippen LogP contribution in [-0.4, -0.2) is 15.8 Å². The van der Waals surface area contributed by atoms with Gasteiger partial charge in [0.1, 0.15) is 6.17 Å². The second-order valence-corrected chi connectivity index (χ2v) is 4.89. The molecule has 0 spiro atoms. The van der Waals surface area contributed by atoms with Crippen molar-refractivity contribution in [3.63, 3.8) is 0 Å². The molecule has 0 saturated heterocycles. The van der Waals surface area contributed by atoms with Gasteiger partial charge in [-0.2, -0.15) is 0 Å². The molecule has 0 aliphatic carbocycles. The fourth-order valence-corrected chi connectivity index (χ4v) is 2.32. The number of fused-ring (bicyclic) bond motifs is 1. The molecule has 0 saturated carbocycles. The maximum Gasteiger partial charge on any atom is 0.270 e. The lowest BCUT2D eigenvalue weighted by molar-refractivity contribution is -0.385. The van der Waals surface area contributed by atoms with E-state index in [2.05, 4.69) is 10.6 Å². The standard InChI is InChI=1S/C14H10N4O5/c19-14-11-7-10(18(22)23)5-6-12(11)15-13(16-14)8-1-3-9(4-2-8)17(20)21/h1-7,13,15H,(H,16,19). The summed E-state index contributed by atoms with van der Waals surface area (Å²) in [5, 5.41) is 27.1. The van der Waals surface area contributed by atoms with Crippen LogP contribution in [0.1, 0.15) is 22.1 Å². The van der Waals surface area contributed by atoms with E-state index in [4.69, 9.17) is 0 Å². The third-order valence-corrected chi connectivity index (χ3v) is 3.47. The summed E-state index contributed by atoms with van der Waals surface area (Å²) >= 11 is 0. The van der Waals surface area contributed by atoms with Crippen LogP contribution >= 0.6 is 0 Å². The molecule has 1 unspecified atom stereocenters. The van der Waals surface area contributed by atoms with E-state index in [1.54, 1.807) is 0 Å². The number of carbonyl (C=O) groups is 1. The quantitative estimate of drug-likeness (QED) is 0.661. The van der Waals surface area contributed by atoms with Crippen LogP contribution in [0.4, 0.5) is 17.1 Å². The van der Waals surface area contributed by atoms with Crippen molar-refractivity contribution in [3.05, 3.63) is 73.8 Å². The summed E-state index contributed by atoms with van der Waals surface area (Å²) in [7, 11) is 0. The van der Waals surface area contributed by atoms with Crippen molar-refractivity contribution in [1.82, 2.24) is 5.32 Å². The van der Waals surface area contributed by atoms with Crippen molar-refractivity contribution in [2.75, 3.05) is 5.32 Å². The van der Waals surface area contributed by atoms with Crippen molar-refractivity contribution in [2.45, 2.75) is 6.17 Å². The van der Waals surface area contributed by atoms with Gasteiger partial charge in [-0.05, 0) is 23.8 Å². The lowest BCUT2D eigenvalue weighted by atomic mass is 10.0. The molecule has 1 aliphatic rings. The molecule has 0 bridgehead atoms. The number of hydrogen-bond acceptors (Lipinski definition) is 6. The van der Waals surface area contributed by atoms with E-state index in [-0.39, 0.29) is 16.9 Å². The van der Waals surface area contributed by atoms with Crippen LogP contribution in [-0.2, 0) is 0 Å². The molecule has 3 rings (SSSR count). The highest BCUT2D eigenvalue weighted by Crippen LogP contribution is 2.29. The van der Waals surface area contributed by atoms with Gasteiger partial charge in [0, 0.05) is 30.0 Å². The molecule has 1 atom stereocenters. The molecule has 2 N–H and O–H groups in total. The average Bonchev–Trinajstić information content (AvgIpc) is 2.54. The topological polar surface area (TPSA) is 127 Å². The van der Waals surface area contributed by atoms with Crippen molar-refractivity contribution in [2.24, 2.45) is 0 Å². The molecule has 2 aromatic rings. The Balaban J connectivity index is 1.90. The summed E-state index contributed by atoms with van der Waals surface area (Å²) in [6, 6.07) is 9.72. The number of hydrogen-bond donors (Lipinski definition) is 2. The molecule has 1 amide bonds. The van der Waals surface area contributed by atoms with Crippen LogP contribution in [0.5, 0.6) is 0 Å². The zero-order valence-corrected chi connectivity index (χ0v) is 11.6. The Kier molecular flexibility index (Phi) is 3.37. The lowest BCUT2D eigenvalue weighted by Crippen LogP contribution is -2.38. The maximum atomic E-state index is 12.1. The first-order valence-corrected chi connectivity index (χ1v) is 6.56. The first kappa shape index (κ1) is 14.4. The number of benzene rings is 2. The molecule has 1 heterocycles. The molecule has 0 aromatic heterocycles. The van der Waals surface area contributed by atoms with E-state index < -0.39 is 21.9 Å². The summed E-state index contributed by atoms with van der Waals surface area (Å²) in [6.45, 7) is 0. The Morgan fingerprint density at radius 3 is 2.09 bits per heavy atom. The minimum absolute atomic E-state index is 0.0492. The van der Waals surface area contributed by atoms with Crippen molar-refractivity contribution >= 4 is 23.0 Å². The Morgan fingerprint density at radius 2 is 1.48 bits per heavy atom. The van der Waals surface area contributed by atoms with Gasteiger partial charge in [0.05, 0.1) is 15.4 Å². The zero-order valence-electron chi connectivity index (χ0n) is 11.6. The largest absolute Gasteiger partial charge is 0.361 e. The van der Waals surface area contributed by atoms with Gasteiger partial charge in [-0.3, -0.25) is 25.0 Å². The Labute approximate surface area is 129 Å². The van der Waals surface area contributed by atoms with E-state index in [9.17, 15) is 25.0 Å². The van der Waals surface area contributed by atoms with Crippen LogP contribution in [0, 0.1) is 20.2 Å². The first-order valence-electron chi connectivity index (χ1n) is 6.56. The van der Waals surface area contributed by atoms with Crippen molar-refractivity contribution in [1.29, 1.82) is 0 Å². The third-order valence-electron chi connectivity index (χ3n) is 3.47. The van der Waals surface area contributed by atoms with E-state index >= 15 is 0 Å².